The van der Waals surface area contributed by atoms with Gasteiger partial charge in [0.2, 0.25) is 0 Å². The number of aldehydes is 1. The van der Waals surface area contributed by atoms with Crippen molar-refractivity contribution in [3.63, 3.8) is 0 Å². The maximum absolute atomic E-state index is 12.1. The summed E-state index contributed by atoms with van der Waals surface area (Å²) < 4.78 is 39.8. The summed E-state index contributed by atoms with van der Waals surface area (Å²) >= 11 is 0. The van der Waals surface area contributed by atoms with Crippen molar-refractivity contribution in [2.24, 2.45) is 5.73 Å². The van der Waals surface area contributed by atoms with Gasteiger partial charge in [-0.25, -0.2) is 4.98 Å². The second-order valence-corrected chi connectivity index (χ2v) is 2.78. The highest BCUT2D eigenvalue weighted by atomic mass is 19.4. The minimum Gasteiger partial charge on any atom is -0.403 e. The minimum absolute atomic E-state index is 0.0626. The fourth-order valence-electron chi connectivity index (χ4n) is 1.09. The van der Waals surface area contributed by atoms with Crippen LogP contribution in [0, 0.1) is 0 Å². The molecule has 0 aliphatic carbocycles. The molecule has 4 N–H and O–H groups in total. The van der Waals surface area contributed by atoms with Crippen LogP contribution in [0.2, 0.25) is 0 Å². The van der Waals surface area contributed by atoms with E-state index in [1.807, 2.05) is 0 Å². The smallest absolute Gasteiger partial charge is 0.403 e. The Labute approximate surface area is 88.2 Å². The number of ether oxygens (including phenoxy) is 1. The van der Waals surface area contributed by atoms with E-state index in [0.717, 1.165) is 6.20 Å². The summed E-state index contributed by atoms with van der Waals surface area (Å²) in [6.07, 6.45) is -3.74. The van der Waals surface area contributed by atoms with Gasteiger partial charge in [0, 0.05) is 12.1 Å². The average molecular weight is 235 g/mol. The summed E-state index contributed by atoms with van der Waals surface area (Å²) in [6.45, 7) is -0.291. The van der Waals surface area contributed by atoms with Gasteiger partial charge in [0.1, 0.15) is 5.69 Å². The molecule has 0 radical (unpaired) electrons. The molecule has 0 atom stereocenters. The Morgan fingerprint density at radius 3 is 2.56 bits per heavy atom. The van der Waals surface area contributed by atoms with E-state index < -0.39 is 17.8 Å². The third-order valence-electron chi connectivity index (χ3n) is 1.73. The maximum Gasteiger partial charge on any atom is 0.573 e. The lowest BCUT2D eigenvalue weighted by atomic mass is 10.1. The molecule has 0 aromatic carbocycles. The van der Waals surface area contributed by atoms with Crippen LogP contribution in [0.5, 0.6) is 5.75 Å². The van der Waals surface area contributed by atoms with Gasteiger partial charge in [-0.2, -0.15) is 0 Å². The van der Waals surface area contributed by atoms with Crippen LogP contribution in [0.4, 0.5) is 18.9 Å². The Hall–Kier alpha value is -1.83. The number of carbonyl (C=O) groups is 1. The lowest BCUT2D eigenvalue weighted by Gasteiger charge is -2.14. The highest BCUT2D eigenvalue weighted by Gasteiger charge is 2.34. The molecule has 0 aliphatic rings. The molecule has 0 amide bonds. The zero-order chi connectivity index (χ0) is 12.3. The zero-order valence-corrected chi connectivity index (χ0v) is 7.91. The fourth-order valence-corrected chi connectivity index (χ4v) is 1.09. The summed E-state index contributed by atoms with van der Waals surface area (Å²) in [5.41, 5.74) is 9.93. The van der Waals surface area contributed by atoms with E-state index >= 15 is 0 Å². The number of nitrogen functional groups attached to an aromatic ring is 1. The Morgan fingerprint density at radius 1 is 1.50 bits per heavy atom. The van der Waals surface area contributed by atoms with Gasteiger partial charge in [0.25, 0.3) is 0 Å². The number of halogens is 3. The first-order valence-corrected chi connectivity index (χ1v) is 4.07. The van der Waals surface area contributed by atoms with Crippen LogP contribution in [0.3, 0.4) is 0 Å². The first-order valence-electron chi connectivity index (χ1n) is 4.07. The fraction of sp³-hybridized carbons (Fsp3) is 0.250. The lowest BCUT2D eigenvalue weighted by molar-refractivity contribution is -0.275. The van der Waals surface area contributed by atoms with E-state index in [9.17, 15) is 18.0 Å². The molecule has 0 saturated carbocycles. The largest absolute Gasteiger partial charge is 0.573 e. The van der Waals surface area contributed by atoms with E-state index in [0.29, 0.717) is 0 Å². The molecule has 8 heteroatoms. The maximum atomic E-state index is 12.1. The molecule has 1 rings (SSSR count). The Morgan fingerprint density at radius 2 is 2.12 bits per heavy atom. The van der Waals surface area contributed by atoms with E-state index in [4.69, 9.17) is 11.5 Å². The van der Waals surface area contributed by atoms with Crippen LogP contribution in [0.1, 0.15) is 16.1 Å². The molecule has 5 nitrogen and oxygen atoms in total. The molecule has 88 valence electrons. The van der Waals surface area contributed by atoms with Crippen LogP contribution in [-0.4, -0.2) is 17.6 Å². The quantitative estimate of drug-likeness (QED) is 0.757. The number of pyridine rings is 1. The van der Waals surface area contributed by atoms with Crippen molar-refractivity contribution >= 4 is 12.0 Å². The predicted octanol–water partition coefficient (Wildman–Crippen LogP) is 0.834. The standard InChI is InChI=1S/C8H8F3N3O2/c9-8(10,11)16-7-4(1-12)5(13)2-14-6(7)3-15/h2-3H,1,12-13H2. The molecular weight excluding hydrogens is 227 g/mol. The van der Waals surface area contributed by atoms with E-state index in [2.05, 4.69) is 9.72 Å². The number of carbonyl (C=O) groups excluding carboxylic acids is 1. The number of alkyl halides is 3. The van der Waals surface area contributed by atoms with Crippen molar-refractivity contribution in [1.82, 2.24) is 4.98 Å². The third-order valence-corrected chi connectivity index (χ3v) is 1.73. The van der Waals surface area contributed by atoms with Gasteiger partial charge >= 0.3 is 6.36 Å². The molecule has 0 saturated heterocycles. The number of nitrogens with zero attached hydrogens (tertiary/aromatic N) is 1. The van der Waals surface area contributed by atoms with Crippen molar-refractivity contribution in [3.05, 3.63) is 17.5 Å². The van der Waals surface area contributed by atoms with Crippen LogP contribution in [0.25, 0.3) is 0 Å². The molecule has 0 spiro atoms. The van der Waals surface area contributed by atoms with Crippen LogP contribution >= 0.6 is 0 Å². The molecule has 0 fully saturated rings. The van der Waals surface area contributed by atoms with E-state index in [-0.39, 0.29) is 24.1 Å². The summed E-state index contributed by atoms with van der Waals surface area (Å²) in [7, 11) is 0. The Bertz CT molecular complexity index is 406. The third kappa shape index (κ3) is 2.60. The zero-order valence-electron chi connectivity index (χ0n) is 7.91. The van der Waals surface area contributed by atoms with Crippen LogP contribution in [0.15, 0.2) is 6.20 Å². The number of nitrogens with two attached hydrogens (primary N) is 2. The number of aromatic nitrogens is 1. The highest BCUT2D eigenvalue weighted by Crippen LogP contribution is 2.31. The highest BCUT2D eigenvalue weighted by molar-refractivity contribution is 5.79. The van der Waals surface area contributed by atoms with Crippen molar-refractivity contribution in [3.8, 4) is 5.75 Å². The van der Waals surface area contributed by atoms with Gasteiger partial charge in [-0.05, 0) is 0 Å². The van der Waals surface area contributed by atoms with Crippen molar-refractivity contribution in [2.75, 3.05) is 5.73 Å². The number of rotatable bonds is 3. The lowest BCUT2D eigenvalue weighted by Crippen LogP contribution is -2.21. The molecule has 0 aliphatic heterocycles. The van der Waals surface area contributed by atoms with Gasteiger partial charge in [-0.3, -0.25) is 4.79 Å². The summed E-state index contributed by atoms with van der Waals surface area (Å²) in [4.78, 5) is 13.9. The molecule has 0 bridgehead atoms. The Balaban J connectivity index is 3.31. The predicted molar refractivity (Wildman–Crippen MR) is 48.6 cm³/mol. The van der Waals surface area contributed by atoms with Gasteiger partial charge in [0.15, 0.2) is 12.0 Å². The minimum atomic E-state index is -4.93. The van der Waals surface area contributed by atoms with Crippen molar-refractivity contribution in [1.29, 1.82) is 0 Å². The van der Waals surface area contributed by atoms with Crippen molar-refractivity contribution < 1.29 is 22.7 Å². The van der Waals surface area contributed by atoms with Gasteiger partial charge in [-0.15, -0.1) is 13.2 Å². The van der Waals surface area contributed by atoms with Crippen LogP contribution in [-0.2, 0) is 6.54 Å². The number of hydrogen-bond donors (Lipinski definition) is 2. The average Bonchev–Trinajstić information content (AvgIpc) is 2.16. The normalized spacial score (nSPS) is 11.2. The molecule has 0 unspecified atom stereocenters. The second-order valence-electron chi connectivity index (χ2n) is 2.78. The SMILES string of the molecule is NCc1c(N)cnc(C=O)c1OC(F)(F)F. The van der Waals surface area contributed by atoms with E-state index in [1.165, 1.54) is 0 Å². The molecule has 1 aromatic rings. The Kier molecular flexibility index (Phi) is 3.33. The number of anilines is 1. The second kappa shape index (κ2) is 4.35. The van der Waals surface area contributed by atoms with Crippen molar-refractivity contribution in [2.45, 2.75) is 12.9 Å². The van der Waals surface area contributed by atoms with Gasteiger partial charge < -0.3 is 16.2 Å². The first kappa shape index (κ1) is 12.2. The van der Waals surface area contributed by atoms with Gasteiger partial charge in [0.05, 0.1) is 11.9 Å². The first-order chi connectivity index (χ1) is 7.39. The molecule has 1 aromatic heterocycles. The summed E-state index contributed by atoms with van der Waals surface area (Å²) in [5, 5.41) is 0. The monoisotopic (exact) mass is 235 g/mol. The summed E-state index contributed by atoms with van der Waals surface area (Å²) in [5.74, 6) is -0.745. The topological polar surface area (TPSA) is 91.2 Å². The van der Waals surface area contributed by atoms with Gasteiger partial charge in [-0.1, -0.05) is 0 Å². The van der Waals surface area contributed by atoms with Crippen LogP contribution < -0.4 is 16.2 Å². The van der Waals surface area contributed by atoms with E-state index in [1.54, 1.807) is 0 Å². The molecular formula is C8H8F3N3O2. The molecule has 1 heterocycles. The summed E-state index contributed by atoms with van der Waals surface area (Å²) in [6, 6.07) is 0. The molecule has 16 heavy (non-hydrogen) atoms. The number of hydrogen-bond acceptors (Lipinski definition) is 5.